The number of esters is 2. The van der Waals surface area contributed by atoms with Crippen molar-refractivity contribution < 1.29 is 19.1 Å². The molecule has 0 spiro atoms. The fourth-order valence-electron chi connectivity index (χ4n) is 5.71. The number of hydrogen-bond donors (Lipinski definition) is 0. The van der Waals surface area contributed by atoms with Gasteiger partial charge in [-0.25, -0.2) is 9.59 Å². The molecule has 0 rings (SSSR count). The maximum atomic E-state index is 10.8. The van der Waals surface area contributed by atoms with E-state index in [9.17, 15) is 9.59 Å². The van der Waals surface area contributed by atoms with Crippen LogP contribution in [0.1, 0.15) is 213 Å². The van der Waals surface area contributed by atoms with Gasteiger partial charge in [0.1, 0.15) is 0 Å². The lowest BCUT2D eigenvalue weighted by molar-refractivity contribution is -0.138. The van der Waals surface area contributed by atoms with Crippen LogP contribution in [0, 0.1) is 5.92 Å². The first-order valence-electron chi connectivity index (χ1n) is 20.1. The van der Waals surface area contributed by atoms with Crippen LogP contribution in [0.15, 0.2) is 25.3 Å². The van der Waals surface area contributed by atoms with Crippen molar-refractivity contribution in [1.29, 1.82) is 0 Å². The summed E-state index contributed by atoms with van der Waals surface area (Å²) in [5, 5.41) is 0. The molecule has 0 atom stereocenters. The maximum absolute atomic E-state index is 10.8. The van der Waals surface area contributed by atoms with Crippen molar-refractivity contribution in [2.75, 3.05) is 13.2 Å². The van der Waals surface area contributed by atoms with Gasteiger partial charge >= 0.3 is 11.9 Å². The van der Waals surface area contributed by atoms with Crippen molar-refractivity contribution in [1.82, 2.24) is 0 Å². The molecule has 0 heterocycles. The van der Waals surface area contributed by atoms with Crippen LogP contribution in [0.3, 0.4) is 0 Å². The van der Waals surface area contributed by atoms with Crippen LogP contribution in [-0.2, 0) is 19.1 Å². The van der Waals surface area contributed by atoms with Crippen LogP contribution in [0.25, 0.3) is 0 Å². The van der Waals surface area contributed by atoms with Crippen molar-refractivity contribution in [3.05, 3.63) is 25.3 Å². The summed E-state index contributed by atoms with van der Waals surface area (Å²) in [6, 6.07) is 0. The van der Waals surface area contributed by atoms with E-state index in [1.807, 2.05) is 0 Å². The van der Waals surface area contributed by atoms with Crippen LogP contribution in [0.4, 0.5) is 0 Å². The fourth-order valence-corrected chi connectivity index (χ4v) is 5.71. The first kappa shape index (κ1) is 46.5. The number of ether oxygens (including phenoxy) is 2. The lowest BCUT2D eigenvalue weighted by Gasteiger charge is -2.05. The lowest BCUT2D eigenvalue weighted by atomic mass is 10.0. The van der Waals surface area contributed by atoms with Crippen LogP contribution in [-0.4, -0.2) is 25.2 Å². The van der Waals surface area contributed by atoms with Gasteiger partial charge in [-0.1, -0.05) is 214 Å². The molecular weight excluding hydrogens is 568 g/mol. The third-order valence-electron chi connectivity index (χ3n) is 8.75. The molecule has 0 aliphatic carbocycles. The van der Waals surface area contributed by atoms with Gasteiger partial charge in [-0.15, -0.1) is 0 Å². The summed E-state index contributed by atoms with van der Waals surface area (Å²) in [4.78, 5) is 21.7. The van der Waals surface area contributed by atoms with E-state index in [-0.39, 0.29) is 11.9 Å². The molecular formula is C42H80O4. The van der Waals surface area contributed by atoms with Gasteiger partial charge < -0.3 is 9.47 Å². The van der Waals surface area contributed by atoms with Gasteiger partial charge in [0.25, 0.3) is 0 Å². The number of hydrogen-bond acceptors (Lipinski definition) is 4. The third-order valence-corrected chi connectivity index (χ3v) is 8.75. The van der Waals surface area contributed by atoms with Crippen LogP contribution in [0.2, 0.25) is 0 Å². The minimum Gasteiger partial charge on any atom is -0.463 e. The highest BCUT2D eigenvalue weighted by Crippen LogP contribution is 2.15. The summed E-state index contributed by atoms with van der Waals surface area (Å²) in [6.45, 7) is 14.8. The SMILES string of the molecule is C=CC(=O)OCCCCCCCCCCCCCCCC(C)C.C=CC(=O)OCCCCCCCCCCCCCCCCCC. The summed E-state index contributed by atoms with van der Waals surface area (Å²) in [6.07, 6.45) is 43.1. The van der Waals surface area contributed by atoms with Gasteiger partial charge in [0, 0.05) is 12.2 Å². The molecule has 0 bridgehead atoms. The van der Waals surface area contributed by atoms with E-state index in [2.05, 4.69) is 33.9 Å². The molecule has 0 unspecified atom stereocenters. The normalized spacial score (nSPS) is 10.8. The Labute approximate surface area is 288 Å². The van der Waals surface area contributed by atoms with Gasteiger partial charge in [0.2, 0.25) is 0 Å². The van der Waals surface area contributed by atoms with Gasteiger partial charge in [0.15, 0.2) is 0 Å². The Morgan fingerprint density at radius 3 is 0.913 bits per heavy atom. The number of rotatable bonds is 35. The average molecular weight is 649 g/mol. The molecule has 46 heavy (non-hydrogen) atoms. The molecule has 0 aliphatic rings. The number of carbonyl (C=O) groups is 2. The molecule has 0 aromatic rings. The summed E-state index contributed by atoms with van der Waals surface area (Å²) in [5.74, 6) is 0.271. The largest absolute Gasteiger partial charge is 0.463 e. The molecule has 0 aromatic carbocycles. The molecule has 0 aromatic heterocycles. The topological polar surface area (TPSA) is 52.6 Å². The van der Waals surface area contributed by atoms with Crippen LogP contribution in [0.5, 0.6) is 0 Å². The highest BCUT2D eigenvalue weighted by molar-refractivity contribution is 5.81. The minimum atomic E-state index is -0.301. The minimum absolute atomic E-state index is 0.300. The van der Waals surface area contributed by atoms with E-state index in [0.717, 1.165) is 18.8 Å². The summed E-state index contributed by atoms with van der Waals surface area (Å²) < 4.78 is 9.91. The molecule has 0 fully saturated rings. The zero-order valence-electron chi connectivity index (χ0n) is 31.4. The predicted molar refractivity (Wildman–Crippen MR) is 201 cm³/mol. The Bertz CT molecular complexity index is 642. The van der Waals surface area contributed by atoms with Crippen molar-refractivity contribution in [2.45, 2.75) is 213 Å². The van der Waals surface area contributed by atoms with Gasteiger partial charge in [-0.3, -0.25) is 0 Å². The summed E-state index contributed by atoms with van der Waals surface area (Å²) in [5.41, 5.74) is 0. The quantitative estimate of drug-likeness (QED) is 0.0390. The third kappa shape index (κ3) is 44.5. The molecule has 0 N–H and O–H groups in total. The first-order chi connectivity index (χ1) is 22.5. The first-order valence-corrected chi connectivity index (χ1v) is 20.1. The Balaban J connectivity index is 0. The molecule has 0 saturated heterocycles. The predicted octanol–water partition coefficient (Wildman–Crippen LogP) is 13.8. The molecule has 0 saturated carbocycles. The van der Waals surface area contributed by atoms with E-state index in [1.165, 1.54) is 192 Å². The second kappa shape index (κ2) is 41.4. The number of unbranched alkanes of at least 4 members (excludes halogenated alkanes) is 27. The molecule has 0 amide bonds. The van der Waals surface area contributed by atoms with Gasteiger partial charge in [0.05, 0.1) is 13.2 Å². The molecule has 4 nitrogen and oxygen atoms in total. The van der Waals surface area contributed by atoms with E-state index in [0.29, 0.717) is 13.2 Å². The average Bonchev–Trinajstić information content (AvgIpc) is 3.05. The van der Waals surface area contributed by atoms with Crippen LogP contribution >= 0.6 is 0 Å². The fraction of sp³-hybridized carbons (Fsp3) is 0.857. The lowest BCUT2D eigenvalue weighted by Crippen LogP contribution is -2.01. The van der Waals surface area contributed by atoms with E-state index in [1.54, 1.807) is 0 Å². The Hall–Kier alpha value is -1.58. The highest BCUT2D eigenvalue weighted by Gasteiger charge is 1.99. The Kier molecular flexibility index (Phi) is 41.9. The van der Waals surface area contributed by atoms with E-state index in [4.69, 9.17) is 9.47 Å². The maximum Gasteiger partial charge on any atom is 0.330 e. The van der Waals surface area contributed by atoms with Gasteiger partial charge in [-0.05, 0) is 18.8 Å². The highest BCUT2D eigenvalue weighted by atomic mass is 16.5. The molecule has 4 heteroatoms. The van der Waals surface area contributed by atoms with Crippen molar-refractivity contribution >= 4 is 11.9 Å². The molecule has 0 radical (unpaired) electrons. The summed E-state index contributed by atoms with van der Waals surface area (Å²) >= 11 is 0. The molecule has 272 valence electrons. The second-order valence-corrected chi connectivity index (χ2v) is 13.8. The second-order valence-electron chi connectivity index (χ2n) is 13.8. The van der Waals surface area contributed by atoms with Crippen LogP contribution < -0.4 is 0 Å². The zero-order chi connectivity index (χ0) is 34.2. The van der Waals surface area contributed by atoms with Crippen molar-refractivity contribution in [3.8, 4) is 0 Å². The van der Waals surface area contributed by atoms with Crippen molar-refractivity contribution in [3.63, 3.8) is 0 Å². The smallest absolute Gasteiger partial charge is 0.330 e. The van der Waals surface area contributed by atoms with E-state index < -0.39 is 0 Å². The number of carbonyl (C=O) groups excluding carboxylic acids is 2. The van der Waals surface area contributed by atoms with Gasteiger partial charge in [-0.2, -0.15) is 0 Å². The van der Waals surface area contributed by atoms with Crippen molar-refractivity contribution in [2.24, 2.45) is 5.92 Å². The Morgan fingerprint density at radius 2 is 0.674 bits per heavy atom. The molecule has 0 aliphatic heterocycles. The zero-order valence-corrected chi connectivity index (χ0v) is 31.4. The van der Waals surface area contributed by atoms with E-state index >= 15 is 0 Å². The standard InChI is InChI=1S/2C21H40O2/c1-4-21(22)23-19-17-15-13-11-9-7-5-6-8-10-12-14-16-18-20(2)3;1-3-5-6-7-8-9-10-11-12-13-14-15-16-17-18-19-20-23-21(22)4-2/h4,20H,1,5-19H2,2-3H3;4H,2-3,5-20H2,1H3. The summed E-state index contributed by atoms with van der Waals surface area (Å²) in [7, 11) is 0. The monoisotopic (exact) mass is 649 g/mol. The Morgan fingerprint density at radius 1 is 0.435 bits per heavy atom.